The average molecular weight is 713 g/mol. The molecule has 12 rings (SSSR count). The molecule has 0 aliphatic carbocycles. The highest BCUT2D eigenvalue weighted by Gasteiger charge is 2.21. The number of fused-ring (bicyclic) bond motifs is 10. The van der Waals surface area contributed by atoms with E-state index in [1.807, 2.05) is 0 Å². The lowest BCUT2D eigenvalue weighted by molar-refractivity contribution is 1.01. The zero-order valence-corrected chi connectivity index (χ0v) is 30.3. The minimum atomic E-state index is 0.645. The topological polar surface area (TPSA) is 35.6 Å². The number of rotatable bonds is 4. The molecule has 0 N–H and O–H groups in total. The van der Waals surface area contributed by atoms with Gasteiger partial charge in [-0.1, -0.05) is 152 Å². The summed E-state index contributed by atoms with van der Waals surface area (Å²) in [5.41, 5.74) is 10.8. The minimum absolute atomic E-state index is 0.645. The van der Waals surface area contributed by atoms with Crippen LogP contribution in [0.15, 0.2) is 194 Å². The molecule has 0 saturated carbocycles. The summed E-state index contributed by atoms with van der Waals surface area (Å²) in [4.78, 5) is 10.8. The minimum Gasteiger partial charge on any atom is -0.309 e. The SMILES string of the molecule is c1ccc(-c2ccc(-c3nc(-n4c5cc(-n6c7ccccc7c7cc8ccccc8cc76)ccc5c5c6ccccc6ccc54)nc4ccccc34)cc2)cc1. The summed E-state index contributed by atoms with van der Waals surface area (Å²) in [6.45, 7) is 0. The summed E-state index contributed by atoms with van der Waals surface area (Å²) in [6, 6.07) is 69.7. The Hall–Kier alpha value is -7.56. The van der Waals surface area contributed by atoms with Gasteiger partial charge in [-0.15, -0.1) is 0 Å². The fourth-order valence-electron chi connectivity index (χ4n) is 8.90. The van der Waals surface area contributed by atoms with E-state index in [2.05, 4.69) is 203 Å². The Morgan fingerprint density at radius 2 is 0.964 bits per heavy atom. The van der Waals surface area contributed by atoms with Gasteiger partial charge in [0.15, 0.2) is 0 Å². The Bertz CT molecular complexity index is 3520. The van der Waals surface area contributed by atoms with Crippen molar-refractivity contribution in [2.75, 3.05) is 0 Å². The third-order valence-electron chi connectivity index (χ3n) is 11.5. The lowest BCUT2D eigenvalue weighted by atomic mass is 10.0. The highest BCUT2D eigenvalue weighted by Crippen LogP contribution is 2.41. The van der Waals surface area contributed by atoms with Crippen LogP contribution in [0.3, 0.4) is 0 Å². The van der Waals surface area contributed by atoms with Gasteiger partial charge in [0.1, 0.15) is 0 Å². The average Bonchev–Trinajstić information content (AvgIpc) is 3.77. The number of nitrogens with zero attached hydrogens (tertiary/aromatic N) is 4. The van der Waals surface area contributed by atoms with Crippen molar-refractivity contribution in [3.05, 3.63) is 194 Å². The Morgan fingerprint density at radius 3 is 1.80 bits per heavy atom. The molecule has 56 heavy (non-hydrogen) atoms. The molecule has 0 spiro atoms. The predicted molar refractivity (Wildman–Crippen MR) is 234 cm³/mol. The van der Waals surface area contributed by atoms with Crippen LogP contribution in [0.2, 0.25) is 0 Å². The molecule has 0 aliphatic heterocycles. The van der Waals surface area contributed by atoms with Crippen LogP contribution in [0, 0.1) is 0 Å². The van der Waals surface area contributed by atoms with Gasteiger partial charge in [-0.05, 0) is 75.1 Å². The first-order valence-corrected chi connectivity index (χ1v) is 19.1. The van der Waals surface area contributed by atoms with Crippen LogP contribution >= 0.6 is 0 Å². The first-order valence-electron chi connectivity index (χ1n) is 19.1. The van der Waals surface area contributed by atoms with Crippen molar-refractivity contribution in [3.63, 3.8) is 0 Å². The highest BCUT2D eigenvalue weighted by atomic mass is 15.2. The van der Waals surface area contributed by atoms with E-state index in [0.717, 1.165) is 44.3 Å². The van der Waals surface area contributed by atoms with Crippen LogP contribution in [0.5, 0.6) is 0 Å². The van der Waals surface area contributed by atoms with Gasteiger partial charge < -0.3 is 4.57 Å². The number of aromatic nitrogens is 4. The van der Waals surface area contributed by atoms with Gasteiger partial charge in [-0.3, -0.25) is 4.57 Å². The van der Waals surface area contributed by atoms with E-state index < -0.39 is 0 Å². The molecule has 4 nitrogen and oxygen atoms in total. The number of para-hydroxylation sites is 2. The molecule has 0 radical (unpaired) electrons. The summed E-state index contributed by atoms with van der Waals surface area (Å²) in [5.74, 6) is 0.645. The van der Waals surface area contributed by atoms with Gasteiger partial charge >= 0.3 is 0 Å². The van der Waals surface area contributed by atoms with Crippen LogP contribution in [-0.2, 0) is 0 Å². The standard InChI is InChI=1S/C52H32N4/c1-2-12-33(13-3-1)34-22-24-36(25-23-34)51-42-19-8-10-20-45(42)53-52(54-51)56-47-29-26-35-14-6-7-17-40(35)50(47)43-28-27-39(32-49(43)56)55-46-21-11-9-18-41(46)44-30-37-15-4-5-16-38(37)31-48(44)55/h1-32H. The second kappa shape index (κ2) is 12.0. The van der Waals surface area contributed by atoms with Crippen LogP contribution in [0.25, 0.3) is 110 Å². The molecule has 0 aliphatic rings. The van der Waals surface area contributed by atoms with E-state index >= 15 is 0 Å². The maximum Gasteiger partial charge on any atom is 0.235 e. The highest BCUT2D eigenvalue weighted by molar-refractivity contribution is 6.22. The van der Waals surface area contributed by atoms with E-state index in [0.29, 0.717) is 5.95 Å². The third-order valence-corrected chi connectivity index (χ3v) is 11.5. The normalized spacial score (nSPS) is 11.9. The summed E-state index contributed by atoms with van der Waals surface area (Å²) < 4.78 is 4.69. The van der Waals surface area contributed by atoms with Crippen LogP contribution < -0.4 is 0 Å². The monoisotopic (exact) mass is 712 g/mol. The Balaban J connectivity index is 1.15. The Morgan fingerprint density at radius 1 is 0.321 bits per heavy atom. The molecule has 3 heterocycles. The van der Waals surface area contributed by atoms with Crippen LogP contribution in [0.4, 0.5) is 0 Å². The molecule has 12 aromatic rings. The lowest BCUT2D eigenvalue weighted by Gasteiger charge is -2.13. The molecule has 3 aromatic heterocycles. The second-order valence-electron chi connectivity index (χ2n) is 14.6. The summed E-state index contributed by atoms with van der Waals surface area (Å²) in [5, 5.41) is 10.7. The molecule has 0 bridgehead atoms. The predicted octanol–water partition coefficient (Wildman–Crippen LogP) is 13.5. The molecule has 9 aromatic carbocycles. The second-order valence-corrected chi connectivity index (χ2v) is 14.6. The molecule has 0 saturated heterocycles. The van der Waals surface area contributed by atoms with E-state index in [1.165, 1.54) is 59.9 Å². The first kappa shape index (κ1) is 30.9. The maximum absolute atomic E-state index is 5.47. The molecular formula is C52H32N4. The van der Waals surface area contributed by atoms with E-state index in [9.17, 15) is 0 Å². The zero-order valence-electron chi connectivity index (χ0n) is 30.3. The van der Waals surface area contributed by atoms with Crippen molar-refractivity contribution in [2.24, 2.45) is 0 Å². The quantitative estimate of drug-likeness (QED) is 0.182. The fourth-order valence-corrected chi connectivity index (χ4v) is 8.90. The first-order chi connectivity index (χ1) is 27.8. The van der Waals surface area contributed by atoms with Gasteiger partial charge in [0.2, 0.25) is 5.95 Å². The van der Waals surface area contributed by atoms with Crippen LogP contribution in [0.1, 0.15) is 0 Å². The van der Waals surface area contributed by atoms with Gasteiger partial charge in [-0.2, -0.15) is 0 Å². The molecule has 0 fully saturated rings. The summed E-state index contributed by atoms with van der Waals surface area (Å²) in [7, 11) is 0. The number of benzene rings is 9. The zero-order chi connectivity index (χ0) is 36.7. The van der Waals surface area contributed by atoms with E-state index in [1.54, 1.807) is 0 Å². The van der Waals surface area contributed by atoms with Crippen molar-refractivity contribution in [1.29, 1.82) is 0 Å². The maximum atomic E-state index is 5.47. The van der Waals surface area contributed by atoms with Crippen molar-refractivity contribution >= 4 is 76.1 Å². The van der Waals surface area contributed by atoms with E-state index in [-0.39, 0.29) is 0 Å². The van der Waals surface area contributed by atoms with Crippen molar-refractivity contribution in [2.45, 2.75) is 0 Å². The van der Waals surface area contributed by atoms with Gasteiger partial charge in [0, 0.05) is 38.2 Å². The number of hydrogen-bond acceptors (Lipinski definition) is 2. The largest absolute Gasteiger partial charge is 0.309 e. The van der Waals surface area contributed by atoms with Crippen molar-refractivity contribution < 1.29 is 0 Å². The molecule has 4 heteroatoms. The third kappa shape index (κ3) is 4.60. The lowest BCUT2D eigenvalue weighted by Crippen LogP contribution is -2.04. The van der Waals surface area contributed by atoms with E-state index in [4.69, 9.17) is 9.97 Å². The summed E-state index contributed by atoms with van der Waals surface area (Å²) in [6.07, 6.45) is 0. The van der Waals surface area contributed by atoms with Gasteiger partial charge in [-0.25, -0.2) is 9.97 Å². The van der Waals surface area contributed by atoms with Crippen LogP contribution in [-0.4, -0.2) is 19.1 Å². The number of hydrogen-bond donors (Lipinski definition) is 0. The Kier molecular flexibility index (Phi) is 6.60. The molecule has 0 unspecified atom stereocenters. The van der Waals surface area contributed by atoms with Gasteiger partial charge in [0.25, 0.3) is 0 Å². The Labute approximate surface area is 322 Å². The van der Waals surface area contributed by atoms with Gasteiger partial charge in [0.05, 0.1) is 33.3 Å². The van der Waals surface area contributed by atoms with Crippen molar-refractivity contribution in [1.82, 2.24) is 19.1 Å². The molecular weight excluding hydrogens is 681 g/mol. The smallest absolute Gasteiger partial charge is 0.235 e. The molecule has 0 atom stereocenters. The summed E-state index contributed by atoms with van der Waals surface area (Å²) >= 11 is 0. The molecule has 0 amide bonds. The van der Waals surface area contributed by atoms with Crippen molar-refractivity contribution in [3.8, 4) is 34.0 Å². The fraction of sp³-hybridized carbons (Fsp3) is 0. The molecule has 260 valence electrons.